The van der Waals surface area contributed by atoms with E-state index in [0.29, 0.717) is 0 Å². The maximum atomic E-state index is 5.68. The van der Waals surface area contributed by atoms with E-state index in [1.807, 2.05) is 0 Å². The summed E-state index contributed by atoms with van der Waals surface area (Å²) in [4.78, 5) is 1.43. The van der Waals surface area contributed by atoms with Crippen molar-refractivity contribution in [2.45, 2.75) is 87.7 Å². The molecule has 0 rings (SSSR count). The van der Waals surface area contributed by atoms with Gasteiger partial charge in [-0.1, -0.05) is 71.4 Å². The van der Waals surface area contributed by atoms with Gasteiger partial charge in [0.25, 0.3) is 0 Å². The zero-order valence-corrected chi connectivity index (χ0v) is 18.9. The van der Waals surface area contributed by atoms with Gasteiger partial charge in [-0.05, 0) is 38.5 Å². The van der Waals surface area contributed by atoms with Crippen LogP contribution in [0.4, 0.5) is 0 Å². The van der Waals surface area contributed by atoms with Gasteiger partial charge in [-0.15, -0.1) is 0 Å². The van der Waals surface area contributed by atoms with Crippen molar-refractivity contribution in [1.82, 2.24) is 0 Å². The van der Waals surface area contributed by atoms with E-state index in [1.54, 1.807) is 0 Å². The molecular weight excluding hydrogens is 408 g/mol. The molecule has 4 heteroatoms. The minimum Gasteiger partial charge on any atom is -0.381 e. The molecule has 0 N–H and O–H groups in total. The molecule has 0 saturated carbocycles. The summed E-state index contributed by atoms with van der Waals surface area (Å²) in [5, 5.41) is 0. The second kappa shape index (κ2) is 19.2. The molecule has 0 fully saturated rings. The summed E-state index contributed by atoms with van der Waals surface area (Å²) in [6, 6.07) is 0. The first-order valence-corrected chi connectivity index (χ1v) is 9.89. The Kier molecular flexibility index (Phi) is 23.5. The average molecular weight is 440 g/mol. The first kappa shape index (κ1) is 24.4. The summed E-state index contributed by atoms with van der Waals surface area (Å²) in [5.74, 6) is 0. The van der Waals surface area contributed by atoms with E-state index in [2.05, 4.69) is 45.7 Å². The minimum atomic E-state index is 0. The summed E-state index contributed by atoms with van der Waals surface area (Å²) in [6.45, 7) is 6.38. The largest absolute Gasteiger partial charge is 0.381 e. The maximum Gasteiger partial charge on any atom is 0.0466 e. The molecule has 2 unspecified atom stereocenters. The Morgan fingerprint density at radius 3 is 1.45 bits per heavy atom. The van der Waals surface area contributed by atoms with Gasteiger partial charge < -0.3 is 4.74 Å². The summed E-state index contributed by atoms with van der Waals surface area (Å²) in [7, 11) is 0. The summed E-state index contributed by atoms with van der Waals surface area (Å²) in [5.41, 5.74) is 0. The Morgan fingerprint density at radius 2 is 1.10 bits per heavy atom. The number of hydrogen-bond acceptors (Lipinski definition) is 1. The maximum absolute atomic E-state index is 5.68. The van der Waals surface area contributed by atoms with Crippen LogP contribution in [0.5, 0.6) is 0 Å². The van der Waals surface area contributed by atoms with Crippen molar-refractivity contribution in [2.24, 2.45) is 0 Å². The van der Waals surface area contributed by atoms with E-state index in [4.69, 9.17) is 4.74 Å². The van der Waals surface area contributed by atoms with Crippen molar-refractivity contribution >= 4 is 69.6 Å². The monoisotopic (exact) mass is 438 g/mol. The predicted molar refractivity (Wildman–Crippen MR) is 99.5 cm³/mol. The third-order valence-corrected chi connectivity index (χ3v) is 5.71. The smallest absolute Gasteiger partial charge is 0.0466 e. The summed E-state index contributed by atoms with van der Waals surface area (Å²) >= 11 is 7.35. The van der Waals surface area contributed by atoms with Crippen LogP contribution in [0, 0.1) is 0 Å². The van der Waals surface area contributed by atoms with Crippen LogP contribution < -0.4 is 0 Å². The van der Waals surface area contributed by atoms with E-state index >= 15 is 0 Å². The molecule has 0 aromatic carbocycles. The van der Waals surface area contributed by atoms with Crippen molar-refractivity contribution in [3.8, 4) is 0 Å². The number of unbranched alkanes of at least 4 members (excludes halogenated alkanes) is 4. The molecule has 2 radical (unpaired) electrons. The van der Waals surface area contributed by atoms with Crippen LogP contribution in [0.3, 0.4) is 0 Å². The van der Waals surface area contributed by atoms with E-state index in [-0.39, 0.29) is 37.7 Å². The van der Waals surface area contributed by atoms with Gasteiger partial charge in [0.2, 0.25) is 0 Å². The Balaban J connectivity index is 0. The standard InChI is InChI=1S/C16H32Br2O.Ca/c1-3-15(17)11-7-5-9-13-19-14-10-6-8-12-16(18)4-2;/h15-16H,3-14H2,1-2H3;. The fraction of sp³-hybridized carbons (Fsp3) is 1.00. The normalized spacial score (nSPS) is 13.8. The first-order valence-electron chi connectivity index (χ1n) is 8.06. The third-order valence-electron chi connectivity index (χ3n) is 3.50. The molecule has 0 amide bonds. The number of ether oxygens (including phenoxy) is 1. The molecule has 0 heterocycles. The zero-order chi connectivity index (χ0) is 14.3. The predicted octanol–water partition coefficient (Wildman–Crippen LogP) is 6.09. The van der Waals surface area contributed by atoms with Crippen LogP contribution in [-0.2, 0) is 4.74 Å². The van der Waals surface area contributed by atoms with E-state index < -0.39 is 0 Å². The molecule has 0 aliphatic rings. The minimum absolute atomic E-state index is 0. The van der Waals surface area contributed by atoms with Crippen molar-refractivity contribution < 1.29 is 4.74 Å². The van der Waals surface area contributed by atoms with Crippen LogP contribution in [0.1, 0.15) is 78.1 Å². The van der Waals surface area contributed by atoms with Crippen LogP contribution in [-0.4, -0.2) is 60.6 Å². The number of rotatable bonds is 14. The quantitative estimate of drug-likeness (QED) is 0.181. The Labute approximate surface area is 173 Å². The molecule has 20 heavy (non-hydrogen) atoms. The van der Waals surface area contributed by atoms with Gasteiger partial charge in [0, 0.05) is 60.6 Å². The number of hydrogen-bond donors (Lipinski definition) is 0. The van der Waals surface area contributed by atoms with Gasteiger partial charge >= 0.3 is 0 Å². The molecule has 0 saturated heterocycles. The molecule has 0 aromatic rings. The fourth-order valence-electron chi connectivity index (χ4n) is 2.00. The van der Waals surface area contributed by atoms with E-state index in [1.165, 1.54) is 64.2 Å². The van der Waals surface area contributed by atoms with Gasteiger partial charge in [-0.3, -0.25) is 0 Å². The Hall–Kier alpha value is 2.18. The third kappa shape index (κ3) is 18.2. The Morgan fingerprint density at radius 1 is 0.700 bits per heavy atom. The summed E-state index contributed by atoms with van der Waals surface area (Å²) < 4.78 is 5.68. The van der Waals surface area contributed by atoms with Crippen LogP contribution >= 0.6 is 31.9 Å². The van der Waals surface area contributed by atoms with E-state index in [0.717, 1.165) is 22.9 Å². The van der Waals surface area contributed by atoms with Crippen molar-refractivity contribution in [2.75, 3.05) is 13.2 Å². The molecule has 0 spiro atoms. The van der Waals surface area contributed by atoms with Gasteiger partial charge in [0.15, 0.2) is 0 Å². The van der Waals surface area contributed by atoms with Crippen molar-refractivity contribution in [3.05, 3.63) is 0 Å². The van der Waals surface area contributed by atoms with Gasteiger partial charge in [0.05, 0.1) is 0 Å². The topological polar surface area (TPSA) is 9.23 Å². The molecule has 2 atom stereocenters. The summed E-state index contributed by atoms with van der Waals surface area (Å²) in [6.07, 6.45) is 12.8. The Bertz CT molecular complexity index is 164. The van der Waals surface area contributed by atoms with Crippen molar-refractivity contribution in [1.29, 1.82) is 0 Å². The molecule has 0 bridgehead atoms. The molecule has 0 aliphatic heterocycles. The van der Waals surface area contributed by atoms with Gasteiger partial charge in [0.1, 0.15) is 0 Å². The average Bonchev–Trinajstić information content (AvgIpc) is 2.43. The molecule has 0 aliphatic carbocycles. The SMILES string of the molecule is CCC(Br)CCCCCOCCCCCC(Br)CC.[Ca]. The van der Waals surface area contributed by atoms with Crippen LogP contribution in [0.25, 0.3) is 0 Å². The molecular formula is C16H32Br2CaO. The van der Waals surface area contributed by atoms with E-state index in [9.17, 15) is 0 Å². The second-order valence-corrected chi connectivity index (χ2v) is 7.91. The molecule has 0 aromatic heterocycles. The molecule has 1 nitrogen and oxygen atoms in total. The second-order valence-electron chi connectivity index (χ2n) is 5.32. The van der Waals surface area contributed by atoms with Crippen LogP contribution in [0.2, 0.25) is 0 Å². The van der Waals surface area contributed by atoms with Crippen LogP contribution in [0.15, 0.2) is 0 Å². The molecule has 118 valence electrons. The van der Waals surface area contributed by atoms with Gasteiger partial charge in [-0.2, -0.15) is 0 Å². The first-order chi connectivity index (χ1) is 9.20. The fourth-order valence-corrected chi connectivity index (χ4v) is 2.65. The number of alkyl halides is 2. The number of halogens is 2. The van der Waals surface area contributed by atoms with Crippen molar-refractivity contribution in [3.63, 3.8) is 0 Å². The zero-order valence-electron chi connectivity index (χ0n) is 13.5. The van der Waals surface area contributed by atoms with Gasteiger partial charge in [-0.25, -0.2) is 0 Å².